The highest BCUT2D eigenvalue weighted by atomic mass is 35.5. The number of hydrogen-bond acceptors (Lipinski definition) is 1. The number of rotatable bonds is 8. The summed E-state index contributed by atoms with van der Waals surface area (Å²) in [5.74, 6) is 3.33. The fourth-order valence-corrected chi connectivity index (χ4v) is 3.92. The molecule has 0 amide bonds. The van der Waals surface area contributed by atoms with Crippen LogP contribution in [0.3, 0.4) is 0 Å². The van der Waals surface area contributed by atoms with Crippen LogP contribution < -0.4 is 4.74 Å². The highest BCUT2D eigenvalue weighted by molar-refractivity contribution is 6.30. The number of hydrogen-bond donors (Lipinski definition) is 0. The lowest BCUT2D eigenvalue weighted by atomic mass is 9.88. The molecular weight excluding hydrogens is 352 g/mol. The molecule has 1 fully saturated rings. The normalized spacial score (nSPS) is 14.7. The molecule has 0 unspecified atom stereocenters. The number of benzene rings is 3. The molecule has 1 saturated carbocycles. The molecular formula is C25H25ClO. The van der Waals surface area contributed by atoms with Crippen LogP contribution >= 0.6 is 11.6 Å². The third-order valence-corrected chi connectivity index (χ3v) is 5.60. The van der Waals surface area contributed by atoms with E-state index in [2.05, 4.69) is 30.3 Å². The molecule has 4 rings (SSSR count). The number of ether oxygens (including phenoxy) is 1. The van der Waals surface area contributed by atoms with E-state index in [4.69, 9.17) is 16.3 Å². The van der Waals surface area contributed by atoms with Crippen LogP contribution in [0.15, 0.2) is 78.9 Å². The van der Waals surface area contributed by atoms with Gasteiger partial charge in [0.2, 0.25) is 0 Å². The Morgan fingerprint density at radius 1 is 0.852 bits per heavy atom. The van der Waals surface area contributed by atoms with Gasteiger partial charge in [0.25, 0.3) is 0 Å². The van der Waals surface area contributed by atoms with Crippen molar-refractivity contribution in [1.82, 2.24) is 0 Å². The minimum atomic E-state index is 0.672. The van der Waals surface area contributed by atoms with Crippen molar-refractivity contribution in [2.75, 3.05) is 0 Å². The summed E-state index contributed by atoms with van der Waals surface area (Å²) in [5, 5.41) is 0.823. The summed E-state index contributed by atoms with van der Waals surface area (Å²) in [6.45, 7) is 0. The predicted octanol–water partition coefficient (Wildman–Crippen LogP) is 7.65. The van der Waals surface area contributed by atoms with Gasteiger partial charge in [0.1, 0.15) is 11.5 Å². The van der Waals surface area contributed by atoms with Gasteiger partial charge in [0.15, 0.2) is 0 Å². The monoisotopic (exact) mass is 376 g/mol. The van der Waals surface area contributed by atoms with E-state index in [-0.39, 0.29) is 0 Å². The molecule has 3 aromatic carbocycles. The van der Waals surface area contributed by atoms with Gasteiger partial charge in [-0.05, 0) is 91.5 Å². The number of aryl methyl sites for hydroxylation is 1. The summed E-state index contributed by atoms with van der Waals surface area (Å²) < 4.78 is 5.96. The first-order valence-corrected chi connectivity index (χ1v) is 10.2. The Labute approximate surface area is 167 Å². The van der Waals surface area contributed by atoms with Gasteiger partial charge < -0.3 is 4.74 Å². The molecule has 0 N–H and O–H groups in total. The van der Waals surface area contributed by atoms with E-state index in [1.165, 1.54) is 36.8 Å². The molecule has 2 heteroatoms. The highest BCUT2D eigenvalue weighted by Crippen LogP contribution is 2.45. The Balaban J connectivity index is 1.35. The third kappa shape index (κ3) is 5.14. The average Bonchev–Trinajstić information content (AvgIpc) is 3.52. The minimum Gasteiger partial charge on any atom is -0.457 e. The van der Waals surface area contributed by atoms with Crippen LogP contribution in [-0.2, 0) is 6.42 Å². The second-order valence-electron chi connectivity index (χ2n) is 7.45. The van der Waals surface area contributed by atoms with E-state index in [1.807, 2.05) is 48.5 Å². The van der Waals surface area contributed by atoms with Crippen molar-refractivity contribution in [3.05, 3.63) is 95.0 Å². The zero-order valence-corrected chi connectivity index (χ0v) is 16.2. The molecule has 1 aliphatic rings. The third-order valence-electron chi connectivity index (χ3n) is 5.35. The van der Waals surface area contributed by atoms with E-state index in [9.17, 15) is 0 Å². The molecule has 1 aliphatic carbocycles. The first-order valence-electron chi connectivity index (χ1n) is 9.85. The van der Waals surface area contributed by atoms with Gasteiger partial charge in [-0.25, -0.2) is 0 Å². The molecule has 1 atom stereocenters. The predicted molar refractivity (Wildman–Crippen MR) is 113 cm³/mol. The van der Waals surface area contributed by atoms with Crippen LogP contribution in [0, 0.1) is 5.92 Å². The molecule has 0 heterocycles. The first-order chi connectivity index (χ1) is 13.3. The summed E-state index contributed by atoms with van der Waals surface area (Å²) >= 11 is 6.06. The Bertz CT molecular complexity index is 853. The molecule has 0 aromatic heterocycles. The highest BCUT2D eigenvalue weighted by Gasteiger charge is 2.31. The molecule has 27 heavy (non-hydrogen) atoms. The Kier molecular flexibility index (Phi) is 5.79. The fourth-order valence-electron chi connectivity index (χ4n) is 3.80. The van der Waals surface area contributed by atoms with Crippen molar-refractivity contribution in [3.8, 4) is 11.5 Å². The Hall–Kier alpha value is -2.25. The van der Waals surface area contributed by atoms with Crippen LogP contribution in [-0.4, -0.2) is 0 Å². The van der Waals surface area contributed by atoms with Gasteiger partial charge in [0.05, 0.1) is 0 Å². The van der Waals surface area contributed by atoms with Gasteiger partial charge >= 0.3 is 0 Å². The van der Waals surface area contributed by atoms with Crippen LogP contribution in [0.1, 0.15) is 42.7 Å². The van der Waals surface area contributed by atoms with Gasteiger partial charge in [-0.3, -0.25) is 0 Å². The van der Waals surface area contributed by atoms with Crippen LogP contribution in [0.5, 0.6) is 11.5 Å². The van der Waals surface area contributed by atoms with Crippen molar-refractivity contribution >= 4 is 11.6 Å². The van der Waals surface area contributed by atoms with E-state index >= 15 is 0 Å². The lowest BCUT2D eigenvalue weighted by Gasteiger charge is -2.17. The Morgan fingerprint density at radius 3 is 2.33 bits per heavy atom. The zero-order chi connectivity index (χ0) is 18.5. The van der Waals surface area contributed by atoms with E-state index in [0.717, 1.165) is 28.9 Å². The van der Waals surface area contributed by atoms with Gasteiger partial charge in [-0.1, -0.05) is 54.1 Å². The standard InChI is InChI=1S/C25H25ClO/c26-22-16-14-21(15-17-22)25(20-12-13-20)11-5-7-19-6-4-10-24(18-19)27-23-8-2-1-3-9-23/h1-4,6,8-10,14-18,20,25H,5,7,11-13H2/t25-/m1/s1. The lowest BCUT2D eigenvalue weighted by molar-refractivity contribution is 0.481. The summed E-state index contributed by atoms with van der Waals surface area (Å²) in [7, 11) is 0. The van der Waals surface area contributed by atoms with Crippen molar-refractivity contribution < 1.29 is 4.74 Å². The van der Waals surface area contributed by atoms with Crippen molar-refractivity contribution in [3.63, 3.8) is 0 Å². The Morgan fingerprint density at radius 2 is 1.59 bits per heavy atom. The minimum absolute atomic E-state index is 0.672. The maximum absolute atomic E-state index is 6.06. The molecule has 0 spiro atoms. The van der Waals surface area contributed by atoms with Crippen LogP contribution in [0.4, 0.5) is 0 Å². The molecule has 3 aromatic rings. The molecule has 0 aliphatic heterocycles. The van der Waals surface area contributed by atoms with E-state index < -0.39 is 0 Å². The van der Waals surface area contributed by atoms with Crippen LogP contribution in [0.2, 0.25) is 5.02 Å². The van der Waals surface area contributed by atoms with Gasteiger partial charge in [-0.2, -0.15) is 0 Å². The average molecular weight is 377 g/mol. The quantitative estimate of drug-likeness (QED) is 0.392. The summed E-state index contributed by atoms with van der Waals surface area (Å²) in [5.41, 5.74) is 2.79. The van der Waals surface area contributed by atoms with Crippen LogP contribution in [0.25, 0.3) is 0 Å². The first kappa shape index (κ1) is 18.1. The molecule has 0 radical (unpaired) electrons. The topological polar surface area (TPSA) is 9.23 Å². The molecule has 1 nitrogen and oxygen atoms in total. The zero-order valence-electron chi connectivity index (χ0n) is 15.5. The maximum Gasteiger partial charge on any atom is 0.127 e. The SMILES string of the molecule is Clc1ccc([C@H](CCCc2cccc(Oc3ccccc3)c2)C2CC2)cc1. The van der Waals surface area contributed by atoms with Gasteiger partial charge in [-0.15, -0.1) is 0 Å². The summed E-state index contributed by atoms with van der Waals surface area (Å²) in [6, 6.07) is 26.9. The maximum atomic E-state index is 6.06. The van der Waals surface area contributed by atoms with Crippen molar-refractivity contribution in [2.24, 2.45) is 5.92 Å². The number of halogens is 1. The van der Waals surface area contributed by atoms with Crippen molar-refractivity contribution in [1.29, 1.82) is 0 Å². The fraction of sp³-hybridized carbons (Fsp3) is 0.280. The molecule has 0 bridgehead atoms. The smallest absolute Gasteiger partial charge is 0.127 e. The largest absolute Gasteiger partial charge is 0.457 e. The second kappa shape index (κ2) is 8.63. The second-order valence-corrected chi connectivity index (χ2v) is 7.89. The number of para-hydroxylation sites is 1. The van der Waals surface area contributed by atoms with Crippen molar-refractivity contribution in [2.45, 2.75) is 38.0 Å². The molecule has 0 saturated heterocycles. The molecule has 138 valence electrons. The van der Waals surface area contributed by atoms with E-state index in [0.29, 0.717) is 5.92 Å². The van der Waals surface area contributed by atoms with E-state index in [1.54, 1.807) is 0 Å². The van der Waals surface area contributed by atoms with Gasteiger partial charge in [0, 0.05) is 5.02 Å². The summed E-state index contributed by atoms with van der Waals surface area (Å²) in [6.07, 6.45) is 6.25. The lowest BCUT2D eigenvalue weighted by Crippen LogP contribution is -2.02. The summed E-state index contributed by atoms with van der Waals surface area (Å²) in [4.78, 5) is 0.